The SMILES string of the molecule is SCc1cnc2ccccc2c1Cl. The van der Waals surface area contributed by atoms with Crippen molar-refractivity contribution in [1.29, 1.82) is 0 Å². The van der Waals surface area contributed by atoms with Crippen LogP contribution >= 0.6 is 24.2 Å². The van der Waals surface area contributed by atoms with Gasteiger partial charge in [-0.15, -0.1) is 0 Å². The minimum Gasteiger partial charge on any atom is -0.256 e. The van der Waals surface area contributed by atoms with Gasteiger partial charge in [0.05, 0.1) is 10.5 Å². The van der Waals surface area contributed by atoms with Crippen LogP contribution in [0.2, 0.25) is 5.02 Å². The fraction of sp³-hybridized carbons (Fsp3) is 0.100. The molecule has 2 aromatic rings. The summed E-state index contributed by atoms with van der Waals surface area (Å²) >= 11 is 10.3. The van der Waals surface area contributed by atoms with Crippen molar-refractivity contribution < 1.29 is 0 Å². The number of rotatable bonds is 1. The Bertz CT molecular complexity index is 442. The Morgan fingerprint density at radius 3 is 2.85 bits per heavy atom. The minimum atomic E-state index is 0.622. The molecule has 0 saturated heterocycles. The summed E-state index contributed by atoms with van der Waals surface area (Å²) in [5.41, 5.74) is 1.90. The third-order valence-corrected chi connectivity index (χ3v) is 2.74. The zero-order valence-corrected chi connectivity index (χ0v) is 8.52. The molecule has 0 saturated carbocycles. The van der Waals surface area contributed by atoms with Gasteiger partial charge < -0.3 is 0 Å². The molecule has 1 heterocycles. The van der Waals surface area contributed by atoms with Crippen molar-refractivity contribution in [2.75, 3.05) is 0 Å². The molecule has 13 heavy (non-hydrogen) atoms. The van der Waals surface area contributed by atoms with Gasteiger partial charge in [-0.05, 0) is 11.6 Å². The second kappa shape index (κ2) is 3.56. The first-order valence-corrected chi connectivity index (χ1v) is 4.97. The van der Waals surface area contributed by atoms with Crippen molar-refractivity contribution >= 4 is 35.1 Å². The molecule has 0 spiro atoms. The Hall–Kier alpha value is -0.730. The highest BCUT2D eigenvalue weighted by atomic mass is 35.5. The lowest BCUT2D eigenvalue weighted by molar-refractivity contribution is 1.31. The Kier molecular flexibility index (Phi) is 2.42. The second-order valence-corrected chi connectivity index (χ2v) is 3.47. The summed E-state index contributed by atoms with van der Waals surface area (Å²) in [6, 6.07) is 7.82. The standard InChI is InChI=1S/C10H8ClNS/c11-10-7(6-13)5-12-9-4-2-1-3-8(9)10/h1-5,13H,6H2. The van der Waals surface area contributed by atoms with E-state index in [1.807, 2.05) is 24.3 Å². The van der Waals surface area contributed by atoms with Crippen LogP contribution in [0, 0.1) is 0 Å². The van der Waals surface area contributed by atoms with E-state index in [1.54, 1.807) is 6.20 Å². The lowest BCUT2D eigenvalue weighted by Gasteiger charge is -2.03. The third kappa shape index (κ3) is 1.52. The minimum absolute atomic E-state index is 0.622. The molecule has 1 aromatic heterocycles. The van der Waals surface area contributed by atoms with Gasteiger partial charge in [-0.2, -0.15) is 12.6 Å². The number of thiol groups is 1. The largest absolute Gasteiger partial charge is 0.256 e. The number of halogens is 1. The van der Waals surface area contributed by atoms with Crippen LogP contribution in [0.4, 0.5) is 0 Å². The molecule has 0 aliphatic rings. The van der Waals surface area contributed by atoms with Crippen LogP contribution in [0.3, 0.4) is 0 Å². The highest BCUT2D eigenvalue weighted by Gasteiger charge is 2.03. The maximum absolute atomic E-state index is 6.15. The van der Waals surface area contributed by atoms with Gasteiger partial charge in [0.1, 0.15) is 0 Å². The average Bonchev–Trinajstić information content (AvgIpc) is 2.19. The number of para-hydroxylation sites is 1. The number of fused-ring (bicyclic) bond motifs is 1. The van der Waals surface area contributed by atoms with E-state index in [2.05, 4.69) is 17.6 Å². The van der Waals surface area contributed by atoms with Crippen molar-refractivity contribution in [2.24, 2.45) is 0 Å². The van der Waals surface area contributed by atoms with Crippen LogP contribution < -0.4 is 0 Å². The third-order valence-electron chi connectivity index (χ3n) is 1.95. The molecule has 0 fully saturated rings. The predicted molar refractivity (Wildman–Crippen MR) is 59.4 cm³/mol. The molecule has 66 valence electrons. The summed E-state index contributed by atoms with van der Waals surface area (Å²) in [6.07, 6.45) is 1.78. The van der Waals surface area contributed by atoms with Gasteiger partial charge in [0.15, 0.2) is 0 Å². The molecule has 0 N–H and O–H groups in total. The van der Waals surface area contributed by atoms with E-state index in [9.17, 15) is 0 Å². The van der Waals surface area contributed by atoms with Gasteiger partial charge in [0.2, 0.25) is 0 Å². The first-order valence-electron chi connectivity index (χ1n) is 3.96. The number of benzene rings is 1. The molecule has 0 atom stereocenters. The van der Waals surface area contributed by atoms with Crippen molar-refractivity contribution in [1.82, 2.24) is 4.98 Å². The molecule has 3 heteroatoms. The second-order valence-electron chi connectivity index (χ2n) is 2.77. The fourth-order valence-corrected chi connectivity index (χ4v) is 1.87. The molecule has 1 nitrogen and oxygen atoms in total. The summed E-state index contributed by atoms with van der Waals surface area (Å²) in [7, 11) is 0. The molecule has 1 aromatic carbocycles. The zero-order chi connectivity index (χ0) is 9.26. The molecule has 0 bridgehead atoms. The van der Waals surface area contributed by atoms with E-state index >= 15 is 0 Å². The van der Waals surface area contributed by atoms with Gasteiger partial charge in [0.25, 0.3) is 0 Å². The van der Waals surface area contributed by atoms with Gasteiger partial charge in [-0.3, -0.25) is 4.98 Å². The van der Waals surface area contributed by atoms with Crippen molar-refractivity contribution in [3.63, 3.8) is 0 Å². The molecule has 2 rings (SSSR count). The molecular weight excluding hydrogens is 202 g/mol. The van der Waals surface area contributed by atoms with E-state index in [1.165, 1.54) is 0 Å². The number of pyridine rings is 1. The predicted octanol–water partition coefficient (Wildman–Crippen LogP) is 3.32. The van der Waals surface area contributed by atoms with Crippen LogP contribution in [0.15, 0.2) is 30.5 Å². The van der Waals surface area contributed by atoms with Crippen LogP contribution in [-0.4, -0.2) is 4.98 Å². The van der Waals surface area contributed by atoms with Crippen molar-refractivity contribution in [3.8, 4) is 0 Å². The van der Waals surface area contributed by atoms with E-state index in [0.717, 1.165) is 21.5 Å². The Labute approximate surface area is 87.2 Å². The zero-order valence-electron chi connectivity index (χ0n) is 6.87. The molecule has 0 unspecified atom stereocenters. The average molecular weight is 210 g/mol. The highest BCUT2D eigenvalue weighted by molar-refractivity contribution is 7.79. The number of hydrogen-bond acceptors (Lipinski definition) is 2. The van der Waals surface area contributed by atoms with Crippen LogP contribution in [0.5, 0.6) is 0 Å². The summed E-state index contributed by atoms with van der Waals surface area (Å²) in [5, 5.41) is 1.76. The first-order chi connectivity index (χ1) is 6.33. The van der Waals surface area contributed by atoms with E-state index in [4.69, 9.17) is 11.6 Å². The molecule has 0 aliphatic carbocycles. The summed E-state index contributed by atoms with van der Waals surface area (Å²) in [5.74, 6) is 0.622. The molecule has 0 amide bonds. The van der Waals surface area contributed by atoms with Gasteiger partial charge in [-0.1, -0.05) is 29.8 Å². The normalized spacial score (nSPS) is 10.6. The molecule has 0 aliphatic heterocycles. The van der Waals surface area contributed by atoms with Gasteiger partial charge >= 0.3 is 0 Å². The van der Waals surface area contributed by atoms with Gasteiger partial charge in [0, 0.05) is 17.3 Å². The highest BCUT2D eigenvalue weighted by Crippen LogP contribution is 2.25. The first kappa shape index (κ1) is 8.85. The van der Waals surface area contributed by atoms with Crippen LogP contribution in [0.25, 0.3) is 10.9 Å². The Balaban J connectivity index is 2.79. The summed E-state index contributed by atoms with van der Waals surface area (Å²) in [4.78, 5) is 4.28. The van der Waals surface area contributed by atoms with Crippen LogP contribution in [-0.2, 0) is 5.75 Å². The quantitative estimate of drug-likeness (QED) is 0.711. The monoisotopic (exact) mass is 209 g/mol. The number of nitrogens with zero attached hydrogens (tertiary/aromatic N) is 1. The topological polar surface area (TPSA) is 12.9 Å². The van der Waals surface area contributed by atoms with Crippen molar-refractivity contribution in [3.05, 3.63) is 41.0 Å². The number of hydrogen-bond donors (Lipinski definition) is 1. The van der Waals surface area contributed by atoms with Crippen LogP contribution in [0.1, 0.15) is 5.56 Å². The fourth-order valence-electron chi connectivity index (χ4n) is 1.26. The smallest absolute Gasteiger partial charge is 0.0717 e. The number of aromatic nitrogens is 1. The maximum Gasteiger partial charge on any atom is 0.0717 e. The van der Waals surface area contributed by atoms with Crippen molar-refractivity contribution in [2.45, 2.75) is 5.75 Å². The summed E-state index contributed by atoms with van der Waals surface area (Å²) in [6.45, 7) is 0. The molecular formula is C10H8ClNS. The van der Waals surface area contributed by atoms with Gasteiger partial charge in [-0.25, -0.2) is 0 Å². The summed E-state index contributed by atoms with van der Waals surface area (Å²) < 4.78 is 0. The lowest BCUT2D eigenvalue weighted by atomic mass is 10.2. The molecule has 0 radical (unpaired) electrons. The lowest BCUT2D eigenvalue weighted by Crippen LogP contribution is -1.85. The maximum atomic E-state index is 6.15. The van der Waals surface area contributed by atoms with E-state index in [-0.39, 0.29) is 0 Å². The van der Waals surface area contributed by atoms with E-state index in [0.29, 0.717) is 5.75 Å². The van der Waals surface area contributed by atoms with E-state index < -0.39 is 0 Å². The Morgan fingerprint density at radius 1 is 1.31 bits per heavy atom. The Morgan fingerprint density at radius 2 is 2.08 bits per heavy atom.